The molecular weight excluding hydrogens is 220 g/mol. The summed E-state index contributed by atoms with van der Waals surface area (Å²) in [5.41, 5.74) is 6.47. The van der Waals surface area contributed by atoms with Crippen LogP contribution in [0.1, 0.15) is 78.6 Å². The van der Waals surface area contributed by atoms with Gasteiger partial charge in [-0.2, -0.15) is 0 Å². The van der Waals surface area contributed by atoms with Crippen molar-refractivity contribution in [2.45, 2.75) is 90.1 Å². The molecule has 0 heterocycles. The zero-order valence-corrected chi connectivity index (χ0v) is 12.9. The van der Waals surface area contributed by atoms with Crippen LogP contribution in [0.2, 0.25) is 0 Å². The molecule has 1 aliphatic rings. The molecule has 0 amide bonds. The minimum Gasteiger partial charge on any atom is -0.329 e. The average molecular weight is 254 g/mol. The van der Waals surface area contributed by atoms with Gasteiger partial charge in [0.25, 0.3) is 0 Å². The molecule has 1 saturated carbocycles. The van der Waals surface area contributed by atoms with Gasteiger partial charge in [0.15, 0.2) is 0 Å². The lowest BCUT2D eigenvalue weighted by Crippen LogP contribution is -2.57. The molecule has 1 atom stereocenters. The van der Waals surface area contributed by atoms with Crippen LogP contribution in [0.5, 0.6) is 0 Å². The van der Waals surface area contributed by atoms with Gasteiger partial charge in [0.1, 0.15) is 0 Å². The van der Waals surface area contributed by atoms with Gasteiger partial charge in [-0.3, -0.25) is 4.90 Å². The van der Waals surface area contributed by atoms with Gasteiger partial charge in [-0.25, -0.2) is 0 Å². The Morgan fingerprint density at radius 3 is 2.22 bits per heavy atom. The standard InChI is InChI=1S/C16H34N2/c1-4-7-13-16(5-2,14-17)18(6-3)15-11-9-8-10-12-15/h15H,4-14,17H2,1-3H3. The Morgan fingerprint density at radius 1 is 1.11 bits per heavy atom. The van der Waals surface area contributed by atoms with Crippen molar-refractivity contribution in [3.63, 3.8) is 0 Å². The van der Waals surface area contributed by atoms with Crippen LogP contribution in [-0.2, 0) is 0 Å². The number of hydrogen-bond donors (Lipinski definition) is 1. The first-order valence-electron chi connectivity index (χ1n) is 8.20. The van der Waals surface area contributed by atoms with Gasteiger partial charge >= 0.3 is 0 Å². The first kappa shape index (κ1) is 16.0. The molecule has 1 unspecified atom stereocenters. The number of nitrogens with zero attached hydrogens (tertiary/aromatic N) is 1. The molecular formula is C16H34N2. The van der Waals surface area contributed by atoms with Gasteiger partial charge in [-0.05, 0) is 32.2 Å². The quantitative estimate of drug-likeness (QED) is 0.711. The van der Waals surface area contributed by atoms with Crippen LogP contribution in [0.4, 0.5) is 0 Å². The molecule has 0 aromatic rings. The number of rotatable bonds is 8. The second kappa shape index (κ2) is 8.16. The van der Waals surface area contributed by atoms with Crippen LogP contribution in [0.15, 0.2) is 0 Å². The Hall–Kier alpha value is -0.0800. The second-order valence-electron chi connectivity index (χ2n) is 5.96. The van der Waals surface area contributed by atoms with Crippen molar-refractivity contribution in [2.75, 3.05) is 13.1 Å². The van der Waals surface area contributed by atoms with Crippen molar-refractivity contribution >= 4 is 0 Å². The maximum atomic E-state index is 6.20. The molecule has 18 heavy (non-hydrogen) atoms. The Balaban J connectivity index is 2.77. The minimum atomic E-state index is 0.271. The molecule has 2 heteroatoms. The fourth-order valence-electron chi connectivity index (χ4n) is 3.77. The molecule has 0 bridgehead atoms. The third-order valence-electron chi connectivity index (χ3n) is 5.00. The van der Waals surface area contributed by atoms with Gasteiger partial charge in [0.05, 0.1) is 0 Å². The highest BCUT2D eigenvalue weighted by Gasteiger charge is 2.36. The molecule has 1 fully saturated rings. The summed E-state index contributed by atoms with van der Waals surface area (Å²) >= 11 is 0. The fraction of sp³-hybridized carbons (Fsp3) is 1.00. The molecule has 0 aromatic heterocycles. The number of unbranched alkanes of at least 4 members (excludes halogenated alkanes) is 1. The minimum absolute atomic E-state index is 0.271. The van der Waals surface area contributed by atoms with Gasteiger partial charge < -0.3 is 5.73 Å². The summed E-state index contributed by atoms with van der Waals surface area (Å²) in [5, 5.41) is 0. The summed E-state index contributed by atoms with van der Waals surface area (Å²) in [7, 11) is 0. The van der Waals surface area contributed by atoms with Crippen molar-refractivity contribution in [1.82, 2.24) is 4.90 Å². The maximum absolute atomic E-state index is 6.20. The van der Waals surface area contributed by atoms with E-state index in [9.17, 15) is 0 Å². The molecule has 0 saturated heterocycles. The molecule has 108 valence electrons. The van der Waals surface area contributed by atoms with E-state index in [1.807, 2.05) is 0 Å². The van der Waals surface area contributed by atoms with Crippen LogP contribution >= 0.6 is 0 Å². The highest BCUT2D eigenvalue weighted by molar-refractivity contribution is 4.94. The van der Waals surface area contributed by atoms with E-state index in [4.69, 9.17) is 5.73 Å². The summed E-state index contributed by atoms with van der Waals surface area (Å²) in [5.74, 6) is 0. The molecule has 0 spiro atoms. The van der Waals surface area contributed by atoms with E-state index in [-0.39, 0.29) is 5.54 Å². The predicted octanol–water partition coefficient (Wildman–Crippen LogP) is 3.94. The summed E-state index contributed by atoms with van der Waals surface area (Å²) in [6, 6.07) is 0.795. The van der Waals surface area contributed by atoms with Crippen LogP contribution in [0.3, 0.4) is 0 Å². The van der Waals surface area contributed by atoms with Crippen LogP contribution in [0, 0.1) is 0 Å². The summed E-state index contributed by atoms with van der Waals surface area (Å²) in [6.07, 6.45) is 12.1. The lowest BCUT2D eigenvalue weighted by Gasteiger charge is -2.48. The van der Waals surface area contributed by atoms with Gasteiger partial charge in [-0.15, -0.1) is 0 Å². The highest BCUT2D eigenvalue weighted by atomic mass is 15.2. The van der Waals surface area contributed by atoms with Crippen molar-refractivity contribution in [3.05, 3.63) is 0 Å². The molecule has 2 nitrogen and oxygen atoms in total. The van der Waals surface area contributed by atoms with Crippen molar-refractivity contribution < 1.29 is 0 Å². The zero-order valence-electron chi connectivity index (χ0n) is 12.9. The van der Waals surface area contributed by atoms with E-state index in [1.54, 1.807) is 0 Å². The molecule has 0 aromatic carbocycles. The molecule has 0 aliphatic heterocycles. The molecule has 1 aliphatic carbocycles. The maximum Gasteiger partial charge on any atom is 0.0331 e. The van der Waals surface area contributed by atoms with Crippen LogP contribution < -0.4 is 5.73 Å². The van der Waals surface area contributed by atoms with Crippen molar-refractivity contribution in [2.24, 2.45) is 5.73 Å². The number of likely N-dealkylation sites (N-methyl/N-ethyl adjacent to an activating group) is 1. The van der Waals surface area contributed by atoms with Crippen LogP contribution in [0.25, 0.3) is 0 Å². The third-order valence-corrected chi connectivity index (χ3v) is 5.00. The van der Waals surface area contributed by atoms with E-state index >= 15 is 0 Å². The lowest BCUT2D eigenvalue weighted by atomic mass is 9.83. The lowest BCUT2D eigenvalue weighted by molar-refractivity contribution is 0.0242. The molecule has 1 rings (SSSR count). The van der Waals surface area contributed by atoms with E-state index in [0.29, 0.717) is 0 Å². The second-order valence-corrected chi connectivity index (χ2v) is 5.96. The first-order chi connectivity index (χ1) is 8.74. The SMILES string of the molecule is CCCCC(CC)(CN)N(CC)C1CCCCC1. The smallest absolute Gasteiger partial charge is 0.0331 e. The van der Waals surface area contributed by atoms with Crippen molar-refractivity contribution in [1.29, 1.82) is 0 Å². The summed E-state index contributed by atoms with van der Waals surface area (Å²) < 4.78 is 0. The largest absolute Gasteiger partial charge is 0.329 e. The van der Waals surface area contributed by atoms with E-state index in [1.165, 1.54) is 64.3 Å². The average Bonchev–Trinajstić information content (AvgIpc) is 2.44. The summed E-state index contributed by atoms with van der Waals surface area (Å²) in [6.45, 7) is 8.93. The van der Waals surface area contributed by atoms with Crippen LogP contribution in [-0.4, -0.2) is 29.6 Å². The summed E-state index contributed by atoms with van der Waals surface area (Å²) in [4.78, 5) is 2.77. The first-order valence-corrected chi connectivity index (χ1v) is 8.20. The Labute approximate surface area is 114 Å². The number of nitrogens with two attached hydrogens (primary N) is 1. The normalized spacial score (nSPS) is 21.2. The Bertz CT molecular complexity index is 205. The van der Waals surface area contributed by atoms with E-state index < -0.39 is 0 Å². The van der Waals surface area contributed by atoms with Crippen molar-refractivity contribution in [3.8, 4) is 0 Å². The molecule has 2 N–H and O–H groups in total. The fourth-order valence-corrected chi connectivity index (χ4v) is 3.77. The van der Waals surface area contributed by atoms with E-state index in [2.05, 4.69) is 25.7 Å². The van der Waals surface area contributed by atoms with E-state index in [0.717, 1.165) is 12.6 Å². The monoisotopic (exact) mass is 254 g/mol. The van der Waals surface area contributed by atoms with Gasteiger partial charge in [0, 0.05) is 18.1 Å². The number of hydrogen-bond acceptors (Lipinski definition) is 2. The highest BCUT2D eigenvalue weighted by Crippen LogP contribution is 2.32. The van der Waals surface area contributed by atoms with Gasteiger partial charge in [-0.1, -0.05) is 52.9 Å². The Kier molecular flexibility index (Phi) is 7.25. The topological polar surface area (TPSA) is 29.3 Å². The Morgan fingerprint density at radius 2 is 1.78 bits per heavy atom. The van der Waals surface area contributed by atoms with Gasteiger partial charge in [0.2, 0.25) is 0 Å². The third kappa shape index (κ3) is 3.71. The zero-order chi connectivity index (χ0) is 13.4. The predicted molar refractivity (Wildman–Crippen MR) is 80.9 cm³/mol. The molecule has 0 radical (unpaired) electrons.